The Morgan fingerprint density at radius 1 is 1.50 bits per heavy atom. The Balaban J connectivity index is 2.66. The lowest BCUT2D eigenvalue weighted by Crippen LogP contribution is -2.11. The average molecular weight is 164 g/mol. The summed E-state index contributed by atoms with van der Waals surface area (Å²) in [5, 5.41) is 6.03. The second kappa shape index (κ2) is 4.62. The first-order valence-electron chi connectivity index (χ1n) is 4.00. The van der Waals surface area contributed by atoms with Crippen LogP contribution in [-0.2, 0) is 6.54 Å². The number of benzene rings is 1. The van der Waals surface area contributed by atoms with Crippen LogP contribution >= 0.6 is 0 Å². The van der Waals surface area contributed by atoms with Gasteiger partial charge < -0.3 is 5.32 Å². The van der Waals surface area contributed by atoms with Crippen molar-refractivity contribution in [1.82, 2.24) is 5.32 Å². The molecular weight excluding hydrogens is 152 g/mol. The summed E-state index contributed by atoms with van der Waals surface area (Å²) in [5.41, 5.74) is 1.58. The summed E-state index contributed by atoms with van der Waals surface area (Å²) in [4.78, 5) is 10.2. The molecule has 0 aliphatic heterocycles. The van der Waals surface area contributed by atoms with Gasteiger partial charge in [0.2, 0.25) is 0 Å². The third-order valence-corrected chi connectivity index (χ3v) is 1.60. The van der Waals surface area contributed by atoms with E-state index in [1.54, 1.807) is 12.1 Å². The van der Waals surface area contributed by atoms with Crippen LogP contribution in [0.15, 0.2) is 29.4 Å². The van der Waals surface area contributed by atoms with Gasteiger partial charge in [-0.2, -0.15) is 0 Å². The number of nitrogens with zero attached hydrogens (tertiary/aromatic N) is 1. The van der Waals surface area contributed by atoms with Crippen LogP contribution in [0.3, 0.4) is 0 Å². The molecule has 0 aliphatic rings. The van der Waals surface area contributed by atoms with E-state index in [4.69, 9.17) is 0 Å². The third kappa shape index (κ3) is 2.43. The van der Waals surface area contributed by atoms with E-state index in [0.717, 1.165) is 18.7 Å². The van der Waals surface area contributed by atoms with Gasteiger partial charge in [-0.25, -0.2) is 0 Å². The number of hydrogen-bond acceptors (Lipinski definition) is 3. The minimum atomic E-state index is 0.491. The largest absolute Gasteiger partial charge is 0.313 e. The standard InChI is InChI=1S/C9H12N2O/c1-2-10-7-8-4-3-5-9(6-8)11-12/h3-6,10H,2,7H2,1H3. The Morgan fingerprint density at radius 3 is 3.00 bits per heavy atom. The van der Waals surface area contributed by atoms with Crippen molar-refractivity contribution in [2.24, 2.45) is 5.18 Å². The van der Waals surface area contributed by atoms with Crippen LogP contribution in [0.4, 0.5) is 5.69 Å². The Bertz CT molecular complexity index is 260. The molecule has 3 nitrogen and oxygen atoms in total. The van der Waals surface area contributed by atoms with E-state index in [1.165, 1.54) is 0 Å². The fraction of sp³-hybridized carbons (Fsp3) is 0.333. The summed E-state index contributed by atoms with van der Waals surface area (Å²) in [5.74, 6) is 0. The van der Waals surface area contributed by atoms with E-state index in [0.29, 0.717) is 5.69 Å². The van der Waals surface area contributed by atoms with Crippen molar-refractivity contribution >= 4 is 5.69 Å². The monoisotopic (exact) mass is 164 g/mol. The van der Waals surface area contributed by atoms with Crippen LogP contribution in [-0.4, -0.2) is 6.54 Å². The van der Waals surface area contributed by atoms with E-state index in [1.807, 2.05) is 19.1 Å². The molecule has 64 valence electrons. The molecule has 1 N–H and O–H groups in total. The fourth-order valence-electron chi connectivity index (χ4n) is 0.993. The van der Waals surface area contributed by atoms with Gasteiger partial charge in [-0.15, -0.1) is 4.91 Å². The molecule has 0 radical (unpaired) electrons. The highest BCUT2D eigenvalue weighted by Gasteiger charge is 1.93. The van der Waals surface area contributed by atoms with Crippen molar-refractivity contribution in [3.63, 3.8) is 0 Å². The van der Waals surface area contributed by atoms with Crippen molar-refractivity contribution in [3.05, 3.63) is 34.7 Å². The molecule has 3 heteroatoms. The molecule has 0 amide bonds. The lowest BCUT2D eigenvalue weighted by atomic mass is 10.2. The first-order valence-corrected chi connectivity index (χ1v) is 4.00. The Hall–Kier alpha value is -1.22. The molecule has 0 saturated heterocycles. The number of rotatable bonds is 4. The molecule has 0 bridgehead atoms. The molecule has 12 heavy (non-hydrogen) atoms. The van der Waals surface area contributed by atoms with Crippen LogP contribution in [0.2, 0.25) is 0 Å². The normalized spacial score (nSPS) is 9.75. The predicted molar refractivity (Wildman–Crippen MR) is 49.3 cm³/mol. The second-order valence-corrected chi connectivity index (χ2v) is 2.54. The van der Waals surface area contributed by atoms with E-state index < -0.39 is 0 Å². The van der Waals surface area contributed by atoms with Gasteiger partial charge in [0.25, 0.3) is 0 Å². The third-order valence-electron chi connectivity index (χ3n) is 1.60. The summed E-state index contributed by atoms with van der Waals surface area (Å²) >= 11 is 0. The van der Waals surface area contributed by atoms with Gasteiger partial charge in [-0.3, -0.25) is 0 Å². The highest BCUT2D eigenvalue weighted by atomic mass is 16.3. The van der Waals surface area contributed by atoms with Gasteiger partial charge in [0.1, 0.15) is 5.69 Å². The minimum absolute atomic E-state index is 0.491. The number of hydrogen-bond donors (Lipinski definition) is 1. The van der Waals surface area contributed by atoms with Crippen molar-refractivity contribution in [1.29, 1.82) is 0 Å². The van der Waals surface area contributed by atoms with Crippen molar-refractivity contribution < 1.29 is 0 Å². The molecule has 0 spiro atoms. The summed E-state index contributed by atoms with van der Waals surface area (Å²) in [6, 6.07) is 7.29. The van der Waals surface area contributed by atoms with Crippen molar-refractivity contribution in [2.45, 2.75) is 13.5 Å². The molecule has 0 heterocycles. The van der Waals surface area contributed by atoms with Gasteiger partial charge in [0, 0.05) is 6.54 Å². The maximum Gasteiger partial charge on any atom is 0.108 e. The maximum atomic E-state index is 10.2. The summed E-state index contributed by atoms with van der Waals surface area (Å²) in [6.45, 7) is 3.76. The zero-order chi connectivity index (χ0) is 8.81. The van der Waals surface area contributed by atoms with Crippen LogP contribution < -0.4 is 5.32 Å². The molecule has 0 atom stereocenters. The van der Waals surface area contributed by atoms with E-state index in [2.05, 4.69) is 10.5 Å². The number of nitrogens with one attached hydrogen (secondary N) is 1. The maximum absolute atomic E-state index is 10.2. The molecule has 1 aromatic rings. The van der Waals surface area contributed by atoms with Crippen LogP contribution in [0.5, 0.6) is 0 Å². The molecule has 0 aliphatic carbocycles. The summed E-state index contributed by atoms with van der Waals surface area (Å²) in [7, 11) is 0. The molecular formula is C9H12N2O. The second-order valence-electron chi connectivity index (χ2n) is 2.54. The molecule has 0 fully saturated rings. The zero-order valence-corrected chi connectivity index (χ0v) is 7.08. The summed E-state index contributed by atoms with van der Waals surface area (Å²) < 4.78 is 0. The molecule has 1 rings (SSSR count). The van der Waals surface area contributed by atoms with Gasteiger partial charge in [0.15, 0.2) is 0 Å². The molecule has 0 aromatic heterocycles. The quantitative estimate of drug-likeness (QED) is 0.693. The smallest absolute Gasteiger partial charge is 0.108 e. The zero-order valence-electron chi connectivity index (χ0n) is 7.08. The fourth-order valence-corrected chi connectivity index (χ4v) is 0.993. The highest BCUT2D eigenvalue weighted by Crippen LogP contribution is 2.12. The lowest BCUT2D eigenvalue weighted by Gasteiger charge is -2.00. The summed E-state index contributed by atoms with van der Waals surface area (Å²) in [6.07, 6.45) is 0. The van der Waals surface area contributed by atoms with Gasteiger partial charge in [-0.1, -0.05) is 19.1 Å². The Kier molecular flexibility index (Phi) is 3.41. The van der Waals surface area contributed by atoms with Crippen LogP contribution in [0, 0.1) is 4.91 Å². The topological polar surface area (TPSA) is 41.5 Å². The van der Waals surface area contributed by atoms with E-state index in [-0.39, 0.29) is 0 Å². The molecule has 0 unspecified atom stereocenters. The van der Waals surface area contributed by atoms with Crippen LogP contribution in [0.1, 0.15) is 12.5 Å². The Morgan fingerprint density at radius 2 is 2.33 bits per heavy atom. The van der Waals surface area contributed by atoms with Gasteiger partial charge in [-0.05, 0) is 29.4 Å². The van der Waals surface area contributed by atoms with E-state index >= 15 is 0 Å². The first kappa shape index (κ1) is 8.87. The van der Waals surface area contributed by atoms with Crippen molar-refractivity contribution in [2.75, 3.05) is 6.54 Å². The average Bonchev–Trinajstić information content (AvgIpc) is 2.15. The van der Waals surface area contributed by atoms with Gasteiger partial charge >= 0.3 is 0 Å². The SMILES string of the molecule is CCNCc1cccc(N=O)c1. The minimum Gasteiger partial charge on any atom is -0.313 e. The number of nitroso groups, excluding NO2 is 1. The molecule has 0 saturated carbocycles. The van der Waals surface area contributed by atoms with Crippen molar-refractivity contribution in [3.8, 4) is 0 Å². The Labute approximate surface area is 71.8 Å². The first-order chi connectivity index (χ1) is 5.86. The predicted octanol–water partition coefficient (Wildman–Crippen LogP) is 2.19. The van der Waals surface area contributed by atoms with E-state index in [9.17, 15) is 4.91 Å². The lowest BCUT2D eigenvalue weighted by molar-refractivity contribution is 0.727. The van der Waals surface area contributed by atoms with Gasteiger partial charge in [0.05, 0.1) is 0 Å². The molecule has 1 aromatic carbocycles. The van der Waals surface area contributed by atoms with Crippen LogP contribution in [0.25, 0.3) is 0 Å². The highest BCUT2D eigenvalue weighted by molar-refractivity contribution is 5.39.